The number of hydrogen-bond acceptors (Lipinski definition) is 1. The van der Waals surface area contributed by atoms with Gasteiger partial charge < -0.3 is 0 Å². The lowest BCUT2D eigenvalue weighted by atomic mass is 10.1. The number of nitrogens with zero attached hydrogens (tertiary/aromatic N) is 1. The molecule has 0 saturated carbocycles. The molecular weight excluding hydrogens is 338 g/mol. The van der Waals surface area contributed by atoms with Crippen LogP contribution in [-0.2, 0) is 13.1 Å². The van der Waals surface area contributed by atoms with Gasteiger partial charge in [-0.25, -0.2) is 0 Å². The van der Waals surface area contributed by atoms with E-state index in [4.69, 9.17) is 0 Å². The van der Waals surface area contributed by atoms with E-state index >= 15 is 0 Å². The fraction of sp³-hybridized carbons (Fsp3) is 0.481. The first-order chi connectivity index (χ1) is 13.9. The fourth-order valence-electron chi connectivity index (χ4n) is 3.60. The predicted octanol–water partition coefficient (Wildman–Crippen LogP) is 7.78. The zero-order valence-electron chi connectivity index (χ0n) is 17.9. The lowest BCUT2D eigenvalue weighted by Gasteiger charge is -2.22. The first-order valence-electron chi connectivity index (χ1n) is 11.3. The molecule has 0 fully saturated rings. The van der Waals surface area contributed by atoms with Crippen molar-refractivity contribution in [2.24, 2.45) is 0 Å². The third-order valence-electron chi connectivity index (χ3n) is 5.23. The Labute approximate surface area is 173 Å². The van der Waals surface area contributed by atoms with Crippen LogP contribution in [0.5, 0.6) is 0 Å². The van der Waals surface area contributed by atoms with Crippen LogP contribution in [0.1, 0.15) is 75.8 Å². The second kappa shape index (κ2) is 15.1. The molecule has 1 nitrogen and oxygen atoms in total. The van der Waals surface area contributed by atoms with Gasteiger partial charge in [0, 0.05) is 13.1 Å². The van der Waals surface area contributed by atoms with Gasteiger partial charge in [0.2, 0.25) is 0 Å². The van der Waals surface area contributed by atoms with Crippen molar-refractivity contribution in [3.63, 3.8) is 0 Å². The van der Waals surface area contributed by atoms with Crippen LogP contribution in [0.2, 0.25) is 0 Å². The molecule has 2 rings (SSSR count). The van der Waals surface area contributed by atoms with E-state index in [-0.39, 0.29) is 0 Å². The SMILES string of the molecule is CCCCCC/C=C/CCCCCN(Cc1ccccc1)Cc1ccccc1. The van der Waals surface area contributed by atoms with Crippen molar-refractivity contribution in [1.82, 2.24) is 4.90 Å². The second-order valence-electron chi connectivity index (χ2n) is 7.85. The van der Waals surface area contributed by atoms with E-state index in [9.17, 15) is 0 Å². The summed E-state index contributed by atoms with van der Waals surface area (Å²) in [5.41, 5.74) is 2.81. The zero-order chi connectivity index (χ0) is 19.7. The summed E-state index contributed by atoms with van der Waals surface area (Å²) < 4.78 is 0. The molecule has 0 aliphatic rings. The number of allylic oxidation sites excluding steroid dienone is 2. The monoisotopic (exact) mass is 377 g/mol. The predicted molar refractivity (Wildman–Crippen MR) is 123 cm³/mol. The fourth-order valence-corrected chi connectivity index (χ4v) is 3.60. The second-order valence-corrected chi connectivity index (χ2v) is 7.85. The van der Waals surface area contributed by atoms with Crippen molar-refractivity contribution in [1.29, 1.82) is 0 Å². The summed E-state index contributed by atoms with van der Waals surface area (Å²) in [7, 11) is 0. The van der Waals surface area contributed by atoms with Gasteiger partial charge in [0.25, 0.3) is 0 Å². The molecule has 2 aromatic carbocycles. The zero-order valence-corrected chi connectivity index (χ0v) is 17.9. The number of benzene rings is 2. The van der Waals surface area contributed by atoms with E-state index in [1.54, 1.807) is 0 Å². The van der Waals surface area contributed by atoms with Crippen molar-refractivity contribution in [2.75, 3.05) is 6.54 Å². The highest BCUT2D eigenvalue weighted by atomic mass is 15.1. The van der Waals surface area contributed by atoms with Crippen LogP contribution < -0.4 is 0 Å². The van der Waals surface area contributed by atoms with Crippen LogP contribution in [0.15, 0.2) is 72.8 Å². The maximum atomic E-state index is 2.59. The van der Waals surface area contributed by atoms with Gasteiger partial charge in [0.15, 0.2) is 0 Å². The summed E-state index contributed by atoms with van der Waals surface area (Å²) in [6.07, 6.45) is 16.7. The Balaban J connectivity index is 1.66. The van der Waals surface area contributed by atoms with Crippen LogP contribution in [0.3, 0.4) is 0 Å². The van der Waals surface area contributed by atoms with Crippen LogP contribution in [0.4, 0.5) is 0 Å². The minimum absolute atomic E-state index is 1.04. The normalized spacial score (nSPS) is 11.5. The number of hydrogen-bond donors (Lipinski definition) is 0. The van der Waals surface area contributed by atoms with Crippen molar-refractivity contribution < 1.29 is 0 Å². The Bertz CT molecular complexity index is 576. The topological polar surface area (TPSA) is 3.24 Å². The van der Waals surface area contributed by atoms with Crippen LogP contribution in [0, 0.1) is 0 Å². The number of rotatable bonds is 15. The van der Waals surface area contributed by atoms with Gasteiger partial charge in [-0.3, -0.25) is 4.90 Å². The highest BCUT2D eigenvalue weighted by Crippen LogP contribution is 2.12. The smallest absolute Gasteiger partial charge is 0.0237 e. The van der Waals surface area contributed by atoms with Crippen LogP contribution in [0.25, 0.3) is 0 Å². The average Bonchev–Trinajstić information content (AvgIpc) is 2.73. The Morgan fingerprint density at radius 3 is 1.61 bits per heavy atom. The molecule has 28 heavy (non-hydrogen) atoms. The summed E-state index contributed by atoms with van der Waals surface area (Å²) in [5, 5.41) is 0. The highest BCUT2D eigenvalue weighted by molar-refractivity contribution is 5.17. The standard InChI is InChI=1S/C27H39N/c1-2-3-4-5-6-7-8-9-10-11-18-23-28(24-26-19-14-12-15-20-26)25-27-21-16-13-17-22-27/h7-8,12-17,19-22H,2-6,9-11,18,23-25H2,1H3/b8-7+. The van der Waals surface area contributed by atoms with Crippen LogP contribution in [-0.4, -0.2) is 11.4 Å². The number of unbranched alkanes of at least 4 members (excludes halogenated alkanes) is 7. The first-order valence-corrected chi connectivity index (χ1v) is 11.3. The molecule has 0 atom stereocenters. The summed E-state index contributed by atoms with van der Waals surface area (Å²) >= 11 is 0. The van der Waals surface area contributed by atoms with Crippen molar-refractivity contribution in [3.8, 4) is 0 Å². The van der Waals surface area contributed by atoms with Gasteiger partial charge in [-0.2, -0.15) is 0 Å². The molecule has 0 spiro atoms. The van der Waals surface area contributed by atoms with Gasteiger partial charge in [0.05, 0.1) is 0 Å². The Hall–Kier alpha value is -1.86. The maximum Gasteiger partial charge on any atom is 0.0237 e. The molecule has 0 aliphatic heterocycles. The molecule has 2 aromatic rings. The molecule has 0 aliphatic carbocycles. The Kier molecular flexibility index (Phi) is 12.1. The van der Waals surface area contributed by atoms with Gasteiger partial charge in [0.1, 0.15) is 0 Å². The van der Waals surface area contributed by atoms with E-state index in [0.717, 1.165) is 13.1 Å². The molecule has 0 unspecified atom stereocenters. The van der Waals surface area contributed by atoms with Gasteiger partial charge in [-0.15, -0.1) is 0 Å². The first kappa shape index (κ1) is 22.4. The molecule has 0 saturated heterocycles. The lowest BCUT2D eigenvalue weighted by molar-refractivity contribution is 0.250. The Morgan fingerprint density at radius 1 is 0.607 bits per heavy atom. The largest absolute Gasteiger partial charge is 0.295 e. The van der Waals surface area contributed by atoms with Gasteiger partial charge >= 0.3 is 0 Å². The van der Waals surface area contributed by atoms with E-state index in [1.165, 1.54) is 75.5 Å². The summed E-state index contributed by atoms with van der Waals surface area (Å²) in [4.78, 5) is 2.59. The minimum Gasteiger partial charge on any atom is -0.295 e. The molecular formula is C27H39N. The molecule has 0 radical (unpaired) electrons. The van der Waals surface area contributed by atoms with E-state index in [2.05, 4.69) is 84.6 Å². The van der Waals surface area contributed by atoms with E-state index < -0.39 is 0 Å². The summed E-state index contributed by atoms with van der Waals surface area (Å²) in [6.45, 7) is 5.52. The molecule has 1 heteroatoms. The summed E-state index contributed by atoms with van der Waals surface area (Å²) in [6, 6.07) is 21.7. The van der Waals surface area contributed by atoms with E-state index in [1.807, 2.05) is 0 Å². The molecule has 0 bridgehead atoms. The van der Waals surface area contributed by atoms with Gasteiger partial charge in [-0.1, -0.05) is 105 Å². The Morgan fingerprint density at radius 2 is 1.11 bits per heavy atom. The molecule has 0 amide bonds. The maximum absolute atomic E-state index is 2.59. The van der Waals surface area contributed by atoms with Gasteiger partial charge in [-0.05, 0) is 49.8 Å². The summed E-state index contributed by atoms with van der Waals surface area (Å²) in [5.74, 6) is 0. The lowest BCUT2D eigenvalue weighted by Crippen LogP contribution is -2.24. The van der Waals surface area contributed by atoms with E-state index in [0.29, 0.717) is 0 Å². The minimum atomic E-state index is 1.04. The average molecular weight is 378 g/mol. The van der Waals surface area contributed by atoms with Crippen molar-refractivity contribution >= 4 is 0 Å². The van der Waals surface area contributed by atoms with Crippen molar-refractivity contribution in [2.45, 2.75) is 77.8 Å². The third-order valence-corrected chi connectivity index (χ3v) is 5.23. The molecule has 0 aromatic heterocycles. The third kappa shape index (κ3) is 10.5. The molecule has 152 valence electrons. The van der Waals surface area contributed by atoms with Crippen molar-refractivity contribution in [3.05, 3.63) is 83.9 Å². The molecule has 0 N–H and O–H groups in total. The quantitative estimate of drug-likeness (QED) is 0.226. The molecule has 0 heterocycles. The highest BCUT2D eigenvalue weighted by Gasteiger charge is 2.07. The van der Waals surface area contributed by atoms with Crippen LogP contribution >= 0.6 is 0 Å².